The van der Waals surface area contributed by atoms with Crippen molar-refractivity contribution < 1.29 is 9.59 Å². The summed E-state index contributed by atoms with van der Waals surface area (Å²) in [4.78, 5) is 30.8. The SMILES string of the molecule is CC(C)(C)SCCNC(=O)C[C@H]1C(=O)NCCN1Cc1ccccn1. The summed E-state index contributed by atoms with van der Waals surface area (Å²) < 4.78 is 0.188. The van der Waals surface area contributed by atoms with E-state index >= 15 is 0 Å². The summed E-state index contributed by atoms with van der Waals surface area (Å²) in [5.74, 6) is 0.702. The fraction of sp³-hybridized carbons (Fsp3) is 0.611. The lowest BCUT2D eigenvalue weighted by atomic mass is 10.1. The number of nitrogens with one attached hydrogen (secondary N) is 2. The van der Waals surface area contributed by atoms with E-state index in [0.29, 0.717) is 19.6 Å². The van der Waals surface area contributed by atoms with Gasteiger partial charge in [0.15, 0.2) is 0 Å². The second-order valence-corrected chi connectivity index (χ2v) is 9.03. The zero-order valence-corrected chi connectivity index (χ0v) is 16.1. The normalized spacial score (nSPS) is 18.7. The third-order valence-corrected chi connectivity index (χ3v) is 5.15. The van der Waals surface area contributed by atoms with E-state index in [4.69, 9.17) is 0 Å². The van der Waals surface area contributed by atoms with E-state index in [1.807, 2.05) is 34.9 Å². The highest BCUT2D eigenvalue weighted by molar-refractivity contribution is 8.00. The molecule has 7 heteroatoms. The van der Waals surface area contributed by atoms with Gasteiger partial charge in [-0.1, -0.05) is 26.8 Å². The largest absolute Gasteiger partial charge is 0.355 e. The molecule has 1 fully saturated rings. The van der Waals surface area contributed by atoms with Gasteiger partial charge in [0.05, 0.1) is 18.2 Å². The molecule has 6 nitrogen and oxygen atoms in total. The standard InChI is InChI=1S/C18H28N4O2S/c1-18(2,3)25-11-9-20-16(23)12-15-17(24)21-8-10-22(15)13-14-6-4-5-7-19-14/h4-7,15H,8-13H2,1-3H3,(H,20,23)(H,21,24)/t15-/m0/s1. The van der Waals surface area contributed by atoms with Crippen molar-refractivity contribution in [2.45, 2.75) is 44.5 Å². The average molecular weight is 365 g/mol. The summed E-state index contributed by atoms with van der Waals surface area (Å²) in [5, 5.41) is 5.78. The lowest BCUT2D eigenvalue weighted by Crippen LogP contribution is -2.56. The quantitative estimate of drug-likeness (QED) is 0.716. The van der Waals surface area contributed by atoms with Gasteiger partial charge >= 0.3 is 0 Å². The number of carbonyl (C=O) groups excluding carboxylic acids is 2. The monoisotopic (exact) mass is 364 g/mol. The highest BCUT2D eigenvalue weighted by Crippen LogP contribution is 2.22. The van der Waals surface area contributed by atoms with Gasteiger partial charge in [-0.15, -0.1) is 0 Å². The van der Waals surface area contributed by atoms with Gasteiger partial charge in [-0.25, -0.2) is 0 Å². The summed E-state index contributed by atoms with van der Waals surface area (Å²) in [6.45, 7) is 8.98. The summed E-state index contributed by atoms with van der Waals surface area (Å²) in [6.07, 6.45) is 1.92. The van der Waals surface area contributed by atoms with Gasteiger partial charge in [0.25, 0.3) is 0 Å². The summed E-state index contributed by atoms with van der Waals surface area (Å²) in [5.41, 5.74) is 0.907. The predicted molar refractivity (Wildman–Crippen MR) is 101 cm³/mol. The molecule has 2 amide bonds. The molecular formula is C18H28N4O2S. The van der Waals surface area contributed by atoms with E-state index in [9.17, 15) is 9.59 Å². The van der Waals surface area contributed by atoms with Crippen LogP contribution in [0.2, 0.25) is 0 Å². The number of hydrogen-bond acceptors (Lipinski definition) is 5. The fourth-order valence-corrected chi connectivity index (χ4v) is 3.48. The summed E-state index contributed by atoms with van der Waals surface area (Å²) in [7, 11) is 0. The minimum atomic E-state index is -0.439. The Morgan fingerprint density at radius 3 is 2.92 bits per heavy atom. The molecule has 1 saturated heterocycles. The van der Waals surface area contributed by atoms with Crippen LogP contribution in [0.15, 0.2) is 24.4 Å². The van der Waals surface area contributed by atoms with Crippen molar-refractivity contribution in [2.24, 2.45) is 0 Å². The maximum atomic E-state index is 12.2. The van der Waals surface area contributed by atoms with E-state index in [1.54, 1.807) is 6.20 Å². The number of pyridine rings is 1. The second kappa shape index (κ2) is 9.20. The minimum Gasteiger partial charge on any atom is -0.355 e. The summed E-state index contributed by atoms with van der Waals surface area (Å²) >= 11 is 1.81. The third kappa shape index (κ3) is 7.04. The maximum Gasteiger partial charge on any atom is 0.237 e. The molecule has 25 heavy (non-hydrogen) atoms. The van der Waals surface area contributed by atoms with Crippen molar-refractivity contribution in [3.8, 4) is 0 Å². The van der Waals surface area contributed by atoms with Crippen LogP contribution in [0.1, 0.15) is 32.9 Å². The van der Waals surface area contributed by atoms with Gasteiger partial charge in [-0.3, -0.25) is 19.5 Å². The van der Waals surface area contributed by atoms with Crippen molar-refractivity contribution >= 4 is 23.6 Å². The molecule has 0 aliphatic carbocycles. The Balaban J connectivity index is 1.85. The van der Waals surface area contributed by atoms with Crippen LogP contribution in [0.4, 0.5) is 0 Å². The van der Waals surface area contributed by atoms with Crippen LogP contribution < -0.4 is 10.6 Å². The Morgan fingerprint density at radius 2 is 2.24 bits per heavy atom. The molecule has 138 valence electrons. The zero-order chi connectivity index (χ0) is 18.3. The van der Waals surface area contributed by atoms with Gasteiger partial charge in [0, 0.05) is 42.9 Å². The number of hydrogen-bond donors (Lipinski definition) is 2. The van der Waals surface area contributed by atoms with Crippen LogP contribution in [0.3, 0.4) is 0 Å². The van der Waals surface area contributed by atoms with E-state index in [1.165, 1.54) is 0 Å². The van der Waals surface area contributed by atoms with Crippen molar-refractivity contribution in [2.75, 3.05) is 25.4 Å². The van der Waals surface area contributed by atoms with Crippen molar-refractivity contribution in [1.82, 2.24) is 20.5 Å². The fourth-order valence-electron chi connectivity index (χ4n) is 2.67. The van der Waals surface area contributed by atoms with Crippen LogP contribution in [0.5, 0.6) is 0 Å². The molecule has 0 aromatic carbocycles. The topological polar surface area (TPSA) is 74.3 Å². The van der Waals surface area contributed by atoms with Crippen LogP contribution in [-0.2, 0) is 16.1 Å². The van der Waals surface area contributed by atoms with Gasteiger partial charge in [0.1, 0.15) is 0 Å². The highest BCUT2D eigenvalue weighted by atomic mass is 32.2. The first-order valence-electron chi connectivity index (χ1n) is 8.67. The Hall–Kier alpha value is -1.60. The number of rotatable bonds is 7. The number of piperazine rings is 1. The molecule has 1 atom stereocenters. The molecule has 1 aromatic rings. The number of carbonyl (C=O) groups is 2. The van der Waals surface area contributed by atoms with E-state index in [-0.39, 0.29) is 23.0 Å². The molecule has 0 radical (unpaired) electrons. The molecule has 1 aromatic heterocycles. The second-order valence-electron chi connectivity index (χ2n) is 7.11. The molecule has 2 heterocycles. The smallest absolute Gasteiger partial charge is 0.237 e. The number of amides is 2. The molecule has 0 unspecified atom stereocenters. The van der Waals surface area contributed by atoms with Gasteiger partial charge in [-0.2, -0.15) is 11.8 Å². The van der Waals surface area contributed by atoms with Crippen LogP contribution in [0.25, 0.3) is 0 Å². The van der Waals surface area contributed by atoms with Gasteiger partial charge < -0.3 is 10.6 Å². The Morgan fingerprint density at radius 1 is 1.44 bits per heavy atom. The molecule has 1 aliphatic rings. The Labute approximate surface area is 154 Å². The molecule has 2 N–H and O–H groups in total. The van der Waals surface area contributed by atoms with Gasteiger partial charge in [0.2, 0.25) is 11.8 Å². The molecule has 0 saturated carbocycles. The van der Waals surface area contributed by atoms with E-state index in [0.717, 1.165) is 18.0 Å². The molecular weight excluding hydrogens is 336 g/mol. The lowest BCUT2D eigenvalue weighted by Gasteiger charge is -2.34. The van der Waals surface area contributed by atoms with E-state index in [2.05, 4.69) is 36.4 Å². The number of thioether (sulfide) groups is 1. The Kier molecular flexibility index (Phi) is 7.25. The average Bonchev–Trinajstić information content (AvgIpc) is 2.55. The molecule has 0 spiro atoms. The van der Waals surface area contributed by atoms with E-state index < -0.39 is 6.04 Å². The van der Waals surface area contributed by atoms with Crippen molar-refractivity contribution in [1.29, 1.82) is 0 Å². The number of aromatic nitrogens is 1. The van der Waals surface area contributed by atoms with Crippen molar-refractivity contribution in [3.63, 3.8) is 0 Å². The Bertz CT molecular complexity index is 574. The first-order chi connectivity index (χ1) is 11.8. The molecule has 2 rings (SSSR count). The zero-order valence-electron chi connectivity index (χ0n) is 15.2. The first-order valence-corrected chi connectivity index (χ1v) is 9.66. The van der Waals surface area contributed by atoms with Crippen molar-refractivity contribution in [3.05, 3.63) is 30.1 Å². The molecule has 1 aliphatic heterocycles. The maximum absolute atomic E-state index is 12.2. The summed E-state index contributed by atoms with van der Waals surface area (Å²) in [6, 6.07) is 5.30. The van der Waals surface area contributed by atoms with Crippen LogP contribution in [0, 0.1) is 0 Å². The van der Waals surface area contributed by atoms with Gasteiger partial charge in [-0.05, 0) is 12.1 Å². The number of nitrogens with zero attached hydrogens (tertiary/aromatic N) is 2. The third-order valence-electron chi connectivity index (χ3n) is 3.87. The predicted octanol–water partition coefficient (Wildman–Crippen LogP) is 1.42. The first kappa shape index (κ1) is 19.7. The molecule has 0 bridgehead atoms. The van der Waals surface area contributed by atoms with Crippen LogP contribution >= 0.6 is 11.8 Å². The van der Waals surface area contributed by atoms with Crippen LogP contribution in [-0.4, -0.2) is 57.9 Å². The minimum absolute atomic E-state index is 0.0809. The lowest BCUT2D eigenvalue weighted by molar-refractivity contribution is -0.134. The highest BCUT2D eigenvalue weighted by Gasteiger charge is 2.31.